The second-order valence-corrected chi connectivity index (χ2v) is 12.3. The molecular weight excluding hydrogens is 410 g/mol. The second-order valence-electron chi connectivity index (χ2n) is 12.3. The highest BCUT2D eigenvalue weighted by atomic mass is 16.5. The third-order valence-corrected chi connectivity index (χ3v) is 10.1. The summed E-state index contributed by atoms with van der Waals surface area (Å²) in [6, 6.07) is 0. The SMILES string of the molecule is C=C1[C@H](O)CC(=CC=C2CCC[C@]3(C)[C@@H]([C@H](C)CCN4CCOC5(CC5)C4)CC[C@@H]23)C[C@@H]1O. The first-order valence-corrected chi connectivity index (χ1v) is 13.6. The Labute approximate surface area is 200 Å². The van der Waals surface area contributed by atoms with Crippen LogP contribution >= 0.6 is 0 Å². The number of nitrogens with zero attached hydrogens (tertiary/aromatic N) is 1. The van der Waals surface area contributed by atoms with Gasteiger partial charge in [-0.3, -0.25) is 4.90 Å². The van der Waals surface area contributed by atoms with Crippen LogP contribution < -0.4 is 0 Å². The lowest BCUT2D eigenvalue weighted by Crippen LogP contribution is -2.45. The summed E-state index contributed by atoms with van der Waals surface area (Å²) in [5.74, 6) is 2.28. The zero-order chi connectivity index (χ0) is 23.2. The maximum Gasteiger partial charge on any atom is 0.0811 e. The van der Waals surface area contributed by atoms with Gasteiger partial charge in [0.25, 0.3) is 0 Å². The van der Waals surface area contributed by atoms with Gasteiger partial charge in [0.05, 0.1) is 24.4 Å². The zero-order valence-corrected chi connectivity index (χ0v) is 20.9. The average molecular weight is 456 g/mol. The van der Waals surface area contributed by atoms with Gasteiger partial charge >= 0.3 is 0 Å². The van der Waals surface area contributed by atoms with Crippen molar-refractivity contribution in [2.45, 2.75) is 95.9 Å². The number of rotatable bonds is 5. The summed E-state index contributed by atoms with van der Waals surface area (Å²) >= 11 is 0. The molecule has 0 bridgehead atoms. The van der Waals surface area contributed by atoms with Crippen LogP contribution in [0.25, 0.3) is 0 Å². The summed E-state index contributed by atoms with van der Waals surface area (Å²) in [6.07, 6.45) is 15.0. The van der Waals surface area contributed by atoms with Crippen LogP contribution in [0.1, 0.15) is 78.1 Å². The Kier molecular flexibility index (Phi) is 6.67. The predicted octanol–water partition coefficient (Wildman–Crippen LogP) is 5.02. The molecule has 5 aliphatic rings. The van der Waals surface area contributed by atoms with E-state index in [4.69, 9.17) is 4.74 Å². The van der Waals surface area contributed by atoms with Crippen LogP contribution in [0.15, 0.2) is 35.5 Å². The smallest absolute Gasteiger partial charge is 0.0811 e. The van der Waals surface area contributed by atoms with Crippen LogP contribution in [0.2, 0.25) is 0 Å². The van der Waals surface area contributed by atoms with Gasteiger partial charge in [-0.1, -0.05) is 43.7 Å². The van der Waals surface area contributed by atoms with Crippen molar-refractivity contribution in [2.75, 3.05) is 26.2 Å². The Bertz CT molecular complexity index is 796. The first-order valence-electron chi connectivity index (χ1n) is 13.6. The van der Waals surface area contributed by atoms with Crippen LogP contribution in [0, 0.1) is 23.2 Å². The number of hydrogen-bond donors (Lipinski definition) is 2. The zero-order valence-electron chi connectivity index (χ0n) is 20.9. The van der Waals surface area contributed by atoms with E-state index < -0.39 is 12.2 Å². The predicted molar refractivity (Wildman–Crippen MR) is 133 cm³/mol. The van der Waals surface area contributed by atoms with E-state index in [1.165, 1.54) is 57.9 Å². The fourth-order valence-electron chi connectivity index (χ4n) is 7.78. The summed E-state index contributed by atoms with van der Waals surface area (Å²) in [4.78, 5) is 2.67. The quantitative estimate of drug-likeness (QED) is 0.572. The highest BCUT2D eigenvalue weighted by molar-refractivity contribution is 5.29. The van der Waals surface area contributed by atoms with Crippen molar-refractivity contribution >= 4 is 0 Å². The molecule has 6 atom stereocenters. The topological polar surface area (TPSA) is 52.9 Å². The van der Waals surface area contributed by atoms with Crippen molar-refractivity contribution in [2.24, 2.45) is 23.2 Å². The molecule has 1 aliphatic heterocycles. The molecule has 4 nitrogen and oxygen atoms in total. The number of fused-ring (bicyclic) bond motifs is 1. The van der Waals surface area contributed by atoms with E-state index in [0.29, 0.717) is 29.7 Å². The minimum atomic E-state index is -0.604. The Morgan fingerprint density at radius 3 is 2.64 bits per heavy atom. The van der Waals surface area contributed by atoms with Gasteiger partial charge in [0, 0.05) is 13.1 Å². The second kappa shape index (κ2) is 9.26. The third-order valence-electron chi connectivity index (χ3n) is 10.1. The molecule has 184 valence electrons. The molecule has 0 amide bonds. The van der Waals surface area contributed by atoms with Gasteiger partial charge in [-0.25, -0.2) is 0 Å². The largest absolute Gasteiger partial charge is 0.388 e. The summed E-state index contributed by atoms with van der Waals surface area (Å²) < 4.78 is 6.01. The standard InChI is InChI=1S/C29H45NO3/c1-20(10-14-30-15-16-33-29(19-30)12-13-29)24-8-9-25-23(5-4-11-28(24,25)3)7-6-22-17-26(31)21(2)27(32)18-22/h6-7,20,24-27,31-32H,2,4-5,8-19H2,1,3H3/t20-,24-,25+,26-,27+,28-/m1/s1. The summed E-state index contributed by atoms with van der Waals surface area (Å²) in [7, 11) is 0. The Morgan fingerprint density at radius 2 is 1.91 bits per heavy atom. The van der Waals surface area contributed by atoms with Gasteiger partial charge in [0.1, 0.15) is 0 Å². The van der Waals surface area contributed by atoms with Crippen LogP contribution in [0.3, 0.4) is 0 Å². The Hall–Kier alpha value is -0.940. The van der Waals surface area contributed by atoms with Gasteiger partial charge < -0.3 is 14.9 Å². The van der Waals surface area contributed by atoms with Crippen molar-refractivity contribution in [3.63, 3.8) is 0 Å². The van der Waals surface area contributed by atoms with E-state index in [1.54, 1.807) is 5.57 Å². The molecule has 2 N–H and O–H groups in total. The fraction of sp³-hybridized carbons (Fsp3) is 0.793. The molecule has 5 fully saturated rings. The maximum atomic E-state index is 10.2. The van der Waals surface area contributed by atoms with Gasteiger partial charge in [-0.15, -0.1) is 0 Å². The lowest BCUT2D eigenvalue weighted by molar-refractivity contribution is -0.0483. The van der Waals surface area contributed by atoms with Gasteiger partial charge in [-0.2, -0.15) is 0 Å². The van der Waals surface area contributed by atoms with E-state index >= 15 is 0 Å². The number of hydrogen-bond acceptors (Lipinski definition) is 4. The normalized spacial score (nSPS) is 42.1. The van der Waals surface area contributed by atoms with Gasteiger partial charge in [-0.05, 0) is 99.5 Å². The maximum absolute atomic E-state index is 10.2. The van der Waals surface area contributed by atoms with Crippen molar-refractivity contribution in [3.05, 3.63) is 35.5 Å². The number of aliphatic hydroxyl groups is 2. The Balaban J connectivity index is 1.21. The van der Waals surface area contributed by atoms with Crippen molar-refractivity contribution in [1.82, 2.24) is 4.90 Å². The summed E-state index contributed by atoms with van der Waals surface area (Å²) in [5.41, 5.74) is 4.00. The third kappa shape index (κ3) is 4.78. The van der Waals surface area contributed by atoms with Crippen LogP contribution in [0.4, 0.5) is 0 Å². The van der Waals surface area contributed by atoms with Gasteiger partial charge in [0.2, 0.25) is 0 Å². The summed E-state index contributed by atoms with van der Waals surface area (Å²) in [5, 5.41) is 20.4. The lowest BCUT2D eigenvalue weighted by Gasteiger charge is -2.45. The molecule has 1 saturated heterocycles. The highest BCUT2D eigenvalue weighted by Gasteiger charge is 2.51. The fourth-order valence-corrected chi connectivity index (χ4v) is 7.78. The minimum Gasteiger partial charge on any atom is -0.388 e. The first kappa shape index (κ1) is 23.8. The van der Waals surface area contributed by atoms with E-state index in [0.717, 1.165) is 37.1 Å². The molecule has 1 heterocycles. The van der Waals surface area contributed by atoms with E-state index in [-0.39, 0.29) is 5.60 Å². The number of ether oxygens (including phenoxy) is 1. The molecule has 5 rings (SSSR count). The Morgan fingerprint density at radius 1 is 1.15 bits per heavy atom. The first-order chi connectivity index (χ1) is 15.8. The lowest BCUT2D eigenvalue weighted by atomic mass is 9.61. The monoisotopic (exact) mass is 455 g/mol. The molecule has 33 heavy (non-hydrogen) atoms. The molecule has 0 aromatic rings. The molecule has 0 aromatic heterocycles. The van der Waals surface area contributed by atoms with Gasteiger partial charge in [0.15, 0.2) is 0 Å². The molecule has 1 spiro atoms. The molecule has 4 heteroatoms. The molecule has 0 radical (unpaired) electrons. The molecule has 4 aliphatic carbocycles. The molecule has 4 saturated carbocycles. The average Bonchev–Trinajstić information content (AvgIpc) is 3.42. The number of aliphatic hydroxyl groups excluding tert-OH is 2. The van der Waals surface area contributed by atoms with Crippen LogP contribution in [0.5, 0.6) is 0 Å². The van der Waals surface area contributed by atoms with Crippen LogP contribution in [-0.2, 0) is 4.74 Å². The summed E-state index contributed by atoms with van der Waals surface area (Å²) in [6.45, 7) is 13.4. The van der Waals surface area contributed by atoms with Crippen molar-refractivity contribution in [1.29, 1.82) is 0 Å². The van der Waals surface area contributed by atoms with Crippen molar-refractivity contribution in [3.8, 4) is 0 Å². The van der Waals surface area contributed by atoms with E-state index in [1.807, 2.05) is 0 Å². The minimum absolute atomic E-state index is 0.237. The highest BCUT2D eigenvalue weighted by Crippen LogP contribution is 2.59. The van der Waals surface area contributed by atoms with E-state index in [9.17, 15) is 10.2 Å². The van der Waals surface area contributed by atoms with Crippen molar-refractivity contribution < 1.29 is 14.9 Å². The number of morpholine rings is 1. The van der Waals surface area contributed by atoms with E-state index in [2.05, 4.69) is 37.5 Å². The molecule has 0 unspecified atom stereocenters. The molecule has 0 aromatic carbocycles. The molecular formula is C29H45NO3. The van der Waals surface area contributed by atoms with Crippen LogP contribution in [-0.4, -0.2) is 59.2 Å². The number of allylic oxidation sites excluding steroid dienone is 3.